The van der Waals surface area contributed by atoms with Crippen molar-refractivity contribution < 1.29 is 14.0 Å². The van der Waals surface area contributed by atoms with Gasteiger partial charge in [0.1, 0.15) is 5.76 Å². The number of hydrogen-bond donors (Lipinski definition) is 2. The summed E-state index contributed by atoms with van der Waals surface area (Å²) in [5, 5.41) is 5.55. The number of carbonyl (C=O) groups is 2. The van der Waals surface area contributed by atoms with E-state index in [1.807, 2.05) is 13.8 Å². The Morgan fingerprint density at radius 3 is 2.41 bits per heavy atom. The Bertz CT molecular complexity index is 661. The Labute approximate surface area is 129 Å². The van der Waals surface area contributed by atoms with E-state index in [-0.39, 0.29) is 17.6 Å². The fourth-order valence-corrected chi connectivity index (χ4v) is 2.01. The molecule has 0 radical (unpaired) electrons. The third kappa shape index (κ3) is 4.22. The van der Waals surface area contributed by atoms with Gasteiger partial charge in [-0.3, -0.25) is 9.59 Å². The van der Waals surface area contributed by atoms with Crippen LogP contribution in [0.4, 0.5) is 11.4 Å². The third-order valence-electron chi connectivity index (χ3n) is 3.12. The van der Waals surface area contributed by atoms with Crippen LogP contribution in [0.2, 0.25) is 0 Å². The molecule has 0 saturated carbocycles. The molecular formula is C17H20N2O3. The maximum absolute atomic E-state index is 12.1. The van der Waals surface area contributed by atoms with Crippen LogP contribution in [-0.2, 0) is 11.2 Å². The van der Waals surface area contributed by atoms with Crippen molar-refractivity contribution in [3.05, 3.63) is 47.9 Å². The monoisotopic (exact) mass is 300 g/mol. The summed E-state index contributed by atoms with van der Waals surface area (Å²) in [4.78, 5) is 23.7. The van der Waals surface area contributed by atoms with Gasteiger partial charge in [-0.1, -0.05) is 19.9 Å². The molecule has 22 heavy (non-hydrogen) atoms. The molecule has 2 amide bonds. The van der Waals surface area contributed by atoms with Crippen LogP contribution >= 0.6 is 0 Å². The van der Waals surface area contributed by atoms with Gasteiger partial charge in [0, 0.05) is 24.2 Å². The summed E-state index contributed by atoms with van der Waals surface area (Å²) < 4.78 is 5.41. The maximum atomic E-state index is 12.1. The van der Waals surface area contributed by atoms with Crippen molar-refractivity contribution in [1.82, 2.24) is 0 Å². The number of aryl methyl sites for hydroxylation is 1. The van der Waals surface area contributed by atoms with E-state index in [1.54, 1.807) is 36.4 Å². The SMILES string of the molecule is CCCC(=O)Nc1cccc(NC(=O)c2ccc(CC)o2)c1. The molecular weight excluding hydrogens is 280 g/mol. The Morgan fingerprint density at radius 2 is 1.77 bits per heavy atom. The van der Waals surface area contributed by atoms with Crippen LogP contribution in [-0.4, -0.2) is 11.8 Å². The highest BCUT2D eigenvalue weighted by molar-refractivity contribution is 6.02. The van der Waals surface area contributed by atoms with Crippen LogP contribution in [0.3, 0.4) is 0 Å². The van der Waals surface area contributed by atoms with Crippen LogP contribution in [0.25, 0.3) is 0 Å². The number of benzene rings is 1. The molecule has 2 N–H and O–H groups in total. The molecule has 0 bridgehead atoms. The molecule has 0 saturated heterocycles. The highest BCUT2D eigenvalue weighted by Gasteiger charge is 2.11. The van der Waals surface area contributed by atoms with E-state index in [1.165, 1.54) is 0 Å². The lowest BCUT2D eigenvalue weighted by atomic mass is 10.2. The third-order valence-corrected chi connectivity index (χ3v) is 3.12. The lowest BCUT2D eigenvalue weighted by molar-refractivity contribution is -0.116. The molecule has 2 aromatic rings. The van der Waals surface area contributed by atoms with Crippen molar-refractivity contribution in [2.75, 3.05) is 10.6 Å². The molecule has 1 aromatic carbocycles. The summed E-state index contributed by atoms with van der Waals surface area (Å²) in [5.41, 5.74) is 1.26. The molecule has 1 aromatic heterocycles. The van der Waals surface area contributed by atoms with Gasteiger partial charge in [0.25, 0.3) is 5.91 Å². The minimum Gasteiger partial charge on any atom is -0.456 e. The zero-order valence-electron chi connectivity index (χ0n) is 12.8. The van der Waals surface area contributed by atoms with E-state index >= 15 is 0 Å². The van der Waals surface area contributed by atoms with Gasteiger partial charge in [0.05, 0.1) is 0 Å². The van der Waals surface area contributed by atoms with Gasteiger partial charge in [-0.05, 0) is 36.8 Å². The van der Waals surface area contributed by atoms with Crippen LogP contribution in [0.1, 0.15) is 43.0 Å². The largest absolute Gasteiger partial charge is 0.456 e. The quantitative estimate of drug-likeness (QED) is 0.851. The van der Waals surface area contributed by atoms with Gasteiger partial charge in [0.15, 0.2) is 5.76 Å². The Balaban J connectivity index is 2.03. The summed E-state index contributed by atoms with van der Waals surface area (Å²) in [6, 6.07) is 10.5. The molecule has 2 rings (SSSR count). The van der Waals surface area contributed by atoms with Crippen molar-refractivity contribution in [2.24, 2.45) is 0 Å². The van der Waals surface area contributed by atoms with Crippen molar-refractivity contribution >= 4 is 23.2 Å². The van der Waals surface area contributed by atoms with Gasteiger partial charge in [-0.2, -0.15) is 0 Å². The summed E-state index contributed by atoms with van der Waals surface area (Å²) in [6.07, 6.45) is 2.01. The summed E-state index contributed by atoms with van der Waals surface area (Å²) >= 11 is 0. The second-order valence-corrected chi connectivity index (χ2v) is 4.95. The Kier molecular flexibility index (Phi) is 5.36. The van der Waals surface area contributed by atoms with Crippen molar-refractivity contribution in [3.63, 3.8) is 0 Å². The first-order chi connectivity index (χ1) is 10.6. The van der Waals surface area contributed by atoms with Crippen molar-refractivity contribution in [3.8, 4) is 0 Å². The second kappa shape index (κ2) is 7.45. The second-order valence-electron chi connectivity index (χ2n) is 4.95. The van der Waals surface area contributed by atoms with Gasteiger partial charge in [0.2, 0.25) is 5.91 Å². The number of anilines is 2. The van der Waals surface area contributed by atoms with Gasteiger partial charge in [-0.15, -0.1) is 0 Å². The minimum atomic E-state index is -0.309. The highest BCUT2D eigenvalue weighted by atomic mass is 16.3. The number of nitrogens with one attached hydrogen (secondary N) is 2. The molecule has 0 unspecified atom stereocenters. The van der Waals surface area contributed by atoms with E-state index in [9.17, 15) is 9.59 Å². The van der Waals surface area contributed by atoms with E-state index in [0.29, 0.717) is 17.8 Å². The van der Waals surface area contributed by atoms with Crippen LogP contribution in [0, 0.1) is 0 Å². The lowest BCUT2D eigenvalue weighted by Crippen LogP contribution is -2.13. The first kappa shape index (κ1) is 15.8. The predicted octanol–water partition coefficient (Wildman–Crippen LogP) is 3.83. The summed E-state index contributed by atoms with van der Waals surface area (Å²) in [6.45, 7) is 3.91. The Morgan fingerprint density at radius 1 is 1.05 bits per heavy atom. The standard InChI is InChI=1S/C17H20N2O3/c1-3-6-16(20)18-12-7-5-8-13(11-12)19-17(21)15-10-9-14(4-2)22-15/h5,7-11H,3-4,6H2,1-2H3,(H,18,20)(H,19,21). The first-order valence-corrected chi connectivity index (χ1v) is 7.42. The average Bonchev–Trinajstić information content (AvgIpc) is 2.97. The van der Waals surface area contributed by atoms with E-state index in [0.717, 1.165) is 18.6 Å². The maximum Gasteiger partial charge on any atom is 0.291 e. The lowest BCUT2D eigenvalue weighted by Gasteiger charge is -2.07. The molecule has 0 aliphatic rings. The van der Waals surface area contributed by atoms with E-state index in [4.69, 9.17) is 4.42 Å². The molecule has 116 valence electrons. The van der Waals surface area contributed by atoms with Crippen LogP contribution < -0.4 is 10.6 Å². The molecule has 5 nitrogen and oxygen atoms in total. The zero-order valence-corrected chi connectivity index (χ0v) is 12.8. The number of carbonyl (C=O) groups excluding carboxylic acids is 2. The molecule has 0 aliphatic heterocycles. The molecule has 5 heteroatoms. The summed E-state index contributed by atoms with van der Waals surface area (Å²) in [7, 11) is 0. The topological polar surface area (TPSA) is 71.3 Å². The normalized spacial score (nSPS) is 10.3. The number of rotatable bonds is 6. The van der Waals surface area contributed by atoms with E-state index < -0.39 is 0 Å². The van der Waals surface area contributed by atoms with Gasteiger partial charge in [-0.25, -0.2) is 0 Å². The van der Waals surface area contributed by atoms with Crippen molar-refractivity contribution in [2.45, 2.75) is 33.1 Å². The van der Waals surface area contributed by atoms with Gasteiger partial charge < -0.3 is 15.1 Å². The van der Waals surface area contributed by atoms with Gasteiger partial charge >= 0.3 is 0 Å². The Hall–Kier alpha value is -2.56. The smallest absolute Gasteiger partial charge is 0.291 e. The fraction of sp³-hybridized carbons (Fsp3) is 0.294. The van der Waals surface area contributed by atoms with Crippen LogP contribution in [0.5, 0.6) is 0 Å². The first-order valence-electron chi connectivity index (χ1n) is 7.42. The number of amides is 2. The molecule has 1 heterocycles. The molecule has 0 fully saturated rings. The predicted molar refractivity (Wildman–Crippen MR) is 86.0 cm³/mol. The van der Waals surface area contributed by atoms with E-state index in [2.05, 4.69) is 10.6 Å². The fourth-order valence-electron chi connectivity index (χ4n) is 2.01. The highest BCUT2D eigenvalue weighted by Crippen LogP contribution is 2.17. The zero-order chi connectivity index (χ0) is 15.9. The molecule has 0 atom stereocenters. The summed E-state index contributed by atoms with van der Waals surface area (Å²) in [5.74, 6) is 0.698. The van der Waals surface area contributed by atoms with Crippen LogP contribution in [0.15, 0.2) is 40.8 Å². The average molecular weight is 300 g/mol. The molecule has 0 spiro atoms. The number of hydrogen-bond acceptors (Lipinski definition) is 3. The molecule has 0 aliphatic carbocycles. The minimum absolute atomic E-state index is 0.0374. The van der Waals surface area contributed by atoms with Crippen molar-refractivity contribution in [1.29, 1.82) is 0 Å². The number of furan rings is 1.